The minimum absolute atomic E-state index is 0. The molecule has 0 aliphatic heterocycles. The molecule has 1 aromatic carbocycles. The van der Waals surface area contributed by atoms with Gasteiger partial charge in [0.25, 0.3) is 0 Å². The van der Waals surface area contributed by atoms with Gasteiger partial charge in [0.05, 0.1) is 0 Å². The number of aromatic amines is 1. The number of hydrogen-bond acceptors (Lipinski definition) is 2. The standard InChI is InChI=1S/C6H5N3.C2H6.CH4/c1-2-4-6-5(3-1)7-9-8-6;1-2;/h1-4H,(H,7,8,9);1-2H3;1H4. The maximum absolute atomic E-state index is 3.88. The number of rotatable bonds is 0. The molecule has 0 amide bonds. The van der Waals surface area contributed by atoms with Crippen LogP contribution in [0.1, 0.15) is 21.3 Å². The second kappa shape index (κ2) is 5.29. The van der Waals surface area contributed by atoms with Gasteiger partial charge in [-0.05, 0) is 12.1 Å². The third kappa shape index (κ3) is 2.05. The minimum Gasteiger partial charge on any atom is -0.197 e. The molecular formula is C9H15N3. The number of fused-ring (bicyclic) bond motifs is 1. The largest absolute Gasteiger partial charge is 0.197 e. The third-order valence-electron chi connectivity index (χ3n) is 1.22. The van der Waals surface area contributed by atoms with Crippen LogP contribution < -0.4 is 0 Å². The van der Waals surface area contributed by atoms with E-state index in [-0.39, 0.29) is 7.43 Å². The highest BCUT2D eigenvalue weighted by molar-refractivity contribution is 5.72. The zero-order valence-electron chi connectivity index (χ0n) is 6.70. The van der Waals surface area contributed by atoms with Crippen molar-refractivity contribution in [3.8, 4) is 0 Å². The number of nitrogens with zero attached hydrogens (tertiary/aromatic N) is 2. The molecule has 0 saturated carbocycles. The SMILES string of the molecule is C.CC.c1ccc2n[nH]nc2c1. The van der Waals surface area contributed by atoms with E-state index in [4.69, 9.17) is 0 Å². The molecule has 0 radical (unpaired) electrons. The van der Waals surface area contributed by atoms with Gasteiger partial charge < -0.3 is 0 Å². The molecule has 3 nitrogen and oxygen atoms in total. The molecule has 3 heteroatoms. The third-order valence-corrected chi connectivity index (χ3v) is 1.22. The predicted octanol–water partition coefficient (Wildman–Crippen LogP) is 2.62. The molecule has 0 atom stereocenters. The van der Waals surface area contributed by atoms with Crippen molar-refractivity contribution in [3.63, 3.8) is 0 Å². The van der Waals surface area contributed by atoms with Crippen LogP contribution in [-0.4, -0.2) is 15.4 Å². The average molecular weight is 165 g/mol. The van der Waals surface area contributed by atoms with Gasteiger partial charge in [-0.3, -0.25) is 0 Å². The highest BCUT2D eigenvalue weighted by Crippen LogP contribution is 2.03. The van der Waals surface area contributed by atoms with Crippen LogP contribution in [0, 0.1) is 0 Å². The molecule has 1 heterocycles. The van der Waals surface area contributed by atoms with E-state index in [1.807, 2.05) is 38.1 Å². The van der Waals surface area contributed by atoms with Crippen LogP contribution in [-0.2, 0) is 0 Å². The monoisotopic (exact) mass is 165 g/mol. The number of aromatic nitrogens is 3. The fourth-order valence-electron chi connectivity index (χ4n) is 0.786. The second-order valence-electron chi connectivity index (χ2n) is 1.81. The Bertz CT molecular complexity index is 284. The number of para-hydroxylation sites is 2. The molecule has 1 aromatic heterocycles. The fourth-order valence-corrected chi connectivity index (χ4v) is 0.786. The smallest absolute Gasteiger partial charge is 0.112 e. The number of benzene rings is 1. The Kier molecular flexibility index (Phi) is 4.69. The minimum atomic E-state index is 0. The summed E-state index contributed by atoms with van der Waals surface area (Å²) in [5.41, 5.74) is 1.83. The molecule has 0 unspecified atom stereocenters. The van der Waals surface area contributed by atoms with Gasteiger partial charge >= 0.3 is 0 Å². The highest BCUT2D eigenvalue weighted by Gasteiger charge is 1.90. The van der Waals surface area contributed by atoms with E-state index in [9.17, 15) is 0 Å². The van der Waals surface area contributed by atoms with Crippen molar-refractivity contribution < 1.29 is 0 Å². The van der Waals surface area contributed by atoms with E-state index >= 15 is 0 Å². The first-order valence-electron chi connectivity index (χ1n) is 3.72. The lowest BCUT2D eigenvalue weighted by Gasteiger charge is -1.78. The zero-order chi connectivity index (χ0) is 8.10. The molecule has 0 spiro atoms. The van der Waals surface area contributed by atoms with Gasteiger partial charge in [-0.1, -0.05) is 33.4 Å². The first-order chi connectivity index (χ1) is 5.47. The van der Waals surface area contributed by atoms with Crippen molar-refractivity contribution in [2.24, 2.45) is 0 Å². The van der Waals surface area contributed by atoms with Crippen LogP contribution in [0.25, 0.3) is 11.0 Å². The molecule has 0 saturated heterocycles. The van der Waals surface area contributed by atoms with E-state index in [1.54, 1.807) is 0 Å². The van der Waals surface area contributed by atoms with Crippen LogP contribution in [0.5, 0.6) is 0 Å². The van der Waals surface area contributed by atoms with Gasteiger partial charge in [-0.25, -0.2) is 0 Å². The summed E-state index contributed by atoms with van der Waals surface area (Å²) in [6.07, 6.45) is 0. The van der Waals surface area contributed by atoms with Crippen LogP contribution in [0.2, 0.25) is 0 Å². The van der Waals surface area contributed by atoms with Crippen LogP contribution in [0.3, 0.4) is 0 Å². The van der Waals surface area contributed by atoms with Crippen molar-refractivity contribution in [1.29, 1.82) is 0 Å². The van der Waals surface area contributed by atoms with Gasteiger partial charge in [-0.15, -0.1) is 0 Å². The predicted molar refractivity (Wildman–Crippen MR) is 52.0 cm³/mol. The Morgan fingerprint density at radius 3 is 1.83 bits per heavy atom. The topological polar surface area (TPSA) is 41.6 Å². The first kappa shape index (κ1) is 10.6. The maximum Gasteiger partial charge on any atom is 0.112 e. The lowest BCUT2D eigenvalue weighted by Crippen LogP contribution is -1.63. The lowest BCUT2D eigenvalue weighted by atomic mass is 10.3. The van der Waals surface area contributed by atoms with Gasteiger partial charge in [0.1, 0.15) is 11.0 Å². The van der Waals surface area contributed by atoms with Crippen molar-refractivity contribution in [1.82, 2.24) is 15.4 Å². The van der Waals surface area contributed by atoms with E-state index in [0.717, 1.165) is 11.0 Å². The molecule has 0 aliphatic carbocycles. The van der Waals surface area contributed by atoms with E-state index in [0.29, 0.717) is 0 Å². The van der Waals surface area contributed by atoms with Crippen molar-refractivity contribution in [3.05, 3.63) is 24.3 Å². The Labute approximate surface area is 72.8 Å². The van der Waals surface area contributed by atoms with Crippen LogP contribution in [0.15, 0.2) is 24.3 Å². The fraction of sp³-hybridized carbons (Fsp3) is 0.333. The number of hydrogen-bond donors (Lipinski definition) is 1. The highest BCUT2D eigenvalue weighted by atomic mass is 15.3. The quantitative estimate of drug-likeness (QED) is 0.652. The van der Waals surface area contributed by atoms with E-state index in [1.165, 1.54) is 0 Å². The van der Waals surface area contributed by atoms with E-state index in [2.05, 4.69) is 15.4 Å². The molecule has 0 bridgehead atoms. The van der Waals surface area contributed by atoms with Crippen molar-refractivity contribution in [2.75, 3.05) is 0 Å². The molecule has 0 fully saturated rings. The molecule has 2 rings (SSSR count). The van der Waals surface area contributed by atoms with Gasteiger partial charge in [0.15, 0.2) is 0 Å². The summed E-state index contributed by atoms with van der Waals surface area (Å²) in [4.78, 5) is 0. The normalized spacial score (nSPS) is 8.17. The first-order valence-corrected chi connectivity index (χ1v) is 3.72. The Balaban J connectivity index is 0.000000378. The van der Waals surface area contributed by atoms with Crippen molar-refractivity contribution >= 4 is 11.0 Å². The summed E-state index contributed by atoms with van der Waals surface area (Å²) in [6, 6.07) is 7.70. The van der Waals surface area contributed by atoms with Gasteiger partial charge in [0.2, 0.25) is 0 Å². The summed E-state index contributed by atoms with van der Waals surface area (Å²) in [7, 11) is 0. The zero-order valence-corrected chi connectivity index (χ0v) is 6.70. The molecule has 0 aliphatic rings. The van der Waals surface area contributed by atoms with Gasteiger partial charge in [-0.2, -0.15) is 15.4 Å². The Morgan fingerprint density at radius 1 is 1.00 bits per heavy atom. The lowest BCUT2D eigenvalue weighted by molar-refractivity contribution is 0.959. The molecular weight excluding hydrogens is 150 g/mol. The van der Waals surface area contributed by atoms with Crippen molar-refractivity contribution in [2.45, 2.75) is 21.3 Å². The summed E-state index contributed by atoms with van der Waals surface area (Å²) in [6.45, 7) is 4.00. The molecule has 1 N–H and O–H groups in total. The maximum atomic E-state index is 3.88. The average Bonchev–Trinajstić information content (AvgIpc) is 2.55. The summed E-state index contributed by atoms with van der Waals surface area (Å²) in [5, 5.41) is 10.3. The van der Waals surface area contributed by atoms with Crippen LogP contribution >= 0.6 is 0 Å². The second-order valence-corrected chi connectivity index (χ2v) is 1.81. The number of H-pyrrole nitrogens is 1. The summed E-state index contributed by atoms with van der Waals surface area (Å²) < 4.78 is 0. The summed E-state index contributed by atoms with van der Waals surface area (Å²) >= 11 is 0. The van der Waals surface area contributed by atoms with E-state index < -0.39 is 0 Å². The molecule has 66 valence electrons. The summed E-state index contributed by atoms with van der Waals surface area (Å²) in [5.74, 6) is 0. The molecule has 12 heavy (non-hydrogen) atoms. The Morgan fingerprint density at radius 2 is 1.42 bits per heavy atom. The Hall–Kier alpha value is -1.38. The number of nitrogens with one attached hydrogen (secondary N) is 1. The van der Waals surface area contributed by atoms with Gasteiger partial charge in [0, 0.05) is 0 Å². The van der Waals surface area contributed by atoms with Crippen LogP contribution in [0.4, 0.5) is 0 Å². The molecule has 2 aromatic rings.